The van der Waals surface area contributed by atoms with E-state index >= 15 is 0 Å². The van der Waals surface area contributed by atoms with Crippen LogP contribution in [0.4, 0.5) is 11.4 Å². The SMILES string of the molecule is O=C(Nc1cccc(NC(=O)C2(c3cccc(Cl)c3)CCC2)c1)C1CC1. The molecule has 0 aliphatic heterocycles. The molecular weight excluding hydrogens is 348 g/mol. The lowest BCUT2D eigenvalue weighted by molar-refractivity contribution is -0.124. The zero-order valence-electron chi connectivity index (χ0n) is 14.4. The van der Waals surface area contributed by atoms with Gasteiger partial charge >= 0.3 is 0 Å². The van der Waals surface area contributed by atoms with Crippen molar-refractivity contribution in [3.8, 4) is 0 Å². The van der Waals surface area contributed by atoms with Gasteiger partial charge in [0.2, 0.25) is 11.8 Å². The monoisotopic (exact) mass is 368 g/mol. The number of carbonyl (C=O) groups excluding carboxylic acids is 2. The molecule has 2 aromatic carbocycles. The first-order valence-corrected chi connectivity index (χ1v) is 9.43. The highest BCUT2D eigenvalue weighted by atomic mass is 35.5. The van der Waals surface area contributed by atoms with E-state index in [0.717, 1.165) is 37.7 Å². The molecule has 0 atom stereocenters. The fraction of sp³-hybridized carbons (Fsp3) is 0.333. The Hall–Kier alpha value is -2.33. The van der Waals surface area contributed by atoms with Crippen LogP contribution in [0.25, 0.3) is 0 Å². The largest absolute Gasteiger partial charge is 0.326 e. The first-order valence-electron chi connectivity index (χ1n) is 9.05. The van der Waals surface area contributed by atoms with Gasteiger partial charge in [-0.1, -0.05) is 36.2 Å². The average Bonchev–Trinajstić information content (AvgIpc) is 3.39. The van der Waals surface area contributed by atoms with Crippen molar-refractivity contribution in [1.82, 2.24) is 0 Å². The van der Waals surface area contributed by atoms with Gasteiger partial charge in [-0.25, -0.2) is 0 Å². The summed E-state index contributed by atoms with van der Waals surface area (Å²) < 4.78 is 0. The summed E-state index contributed by atoms with van der Waals surface area (Å²) in [6.45, 7) is 0. The highest BCUT2D eigenvalue weighted by Gasteiger charge is 2.45. The van der Waals surface area contributed by atoms with E-state index in [4.69, 9.17) is 11.6 Å². The van der Waals surface area contributed by atoms with Crippen molar-refractivity contribution >= 4 is 34.8 Å². The first-order chi connectivity index (χ1) is 12.6. The standard InChI is InChI=1S/C21H21ClN2O2/c22-16-5-1-4-15(12-16)21(10-3-11-21)20(26)24-18-7-2-6-17(13-18)23-19(25)14-8-9-14/h1-2,4-7,12-14H,3,8-11H2,(H,23,25)(H,24,26). The lowest BCUT2D eigenvalue weighted by Crippen LogP contribution is -2.46. The van der Waals surface area contributed by atoms with Crippen LogP contribution in [0.5, 0.6) is 0 Å². The van der Waals surface area contributed by atoms with Crippen molar-refractivity contribution in [1.29, 1.82) is 0 Å². The molecule has 2 aliphatic rings. The van der Waals surface area contributed by atoms with Crippen molar-refractivity contribution in [2.75, 3.05) is 10.6 Å². The van der Waals surface area contributed by atoms with Gasteiger partial charge in [0.1, 0.15) is 0 Å². The minimum atomic E-state index is -0.516. The normalized spacial score (nSPS) is 17.9. The topological polar surface area (TPSA) is 58.2 Å². The molecule has 0 unspecified atom stereocenters. The van der Waals surface area contributed by atoms with E-state index in [-0.39, 0.29) is 17.7 Å². The van der Waals surface area contributed by atoms with Crippen LogP contribution in [0.1, 0.15) is 37.7 Å². The molecule has 2 saturated carbocycles. The predicted octanol–water partition coefficient (Wildman–Crippen LogP) is 4.75. The van der Waals surface area contributed by atoms with Crippen LogP contribution in [0.2, 0.25) is 5.02 Å². The molecule has 26 heavy (non-hydrogen) atoms. The second-order valence-electron chi connectivity index (χ2n) is 7.24. The first kappa shape index (κ1) is 17.1. The van der Waals surface area contributed by atoms with Gasteiger partial charge in [0.25, 0.3) is 0 Å². The minimum Gasteiger partial charge on any atom is -0.326 e. The highest BCUT2D eigenvalue weighted by Crippen LogP contribution is 2.45. The summed E-state index contributed by atoms with van der Waals surface area (Å²) in [5.74, 6) is 0.189. The third-order valence-corrected chi connectivity index (χ3v) is 5.59. The lowest BCUT2D eigenvalue weighted by Gasteiger charge is -2.40. The molecule has 2 aliphatic carbocycles. The van der Waals surface area contributed by atoms with E-state index in [2.05, 4.69) is 10.6 Å². The quantitative estimate of drug-likeness (QED) is 0.800. The van der Waals surface area contributed by atoms with Gasteiger partial charge in [0.15, 0.2) is 0 Å². The summed E-state index contributed by atoms with van der Waals surface area (Å²) in [6.07, 6.45) is 4.58. The van der Waals surface area contributed by atoms with Gasteiger partial charge in [-0.3, -0.25) is 9.59 Å². The Bertz CT molecular complexity index is 857. The Labute approximate surface area is 157 Å². The lowest BCUT2D eigenvalue weighted by atomic mass is 9.64. The van der Waals surface area contributed by atoms with E-state index in [1.807, 2.05) is 48.5 Å². The molecule has 134 valence electrons. The Morgan fingerprint density at radius 2 is 1.65 bits per heavy atom. The molecule has 2 fully saturated rings. The Kier molecular flexibility index (Phi) is 4.45. The van der Waals surface area contributed by atoms with Crippen LogP contribution in [0.3, 0.4) is 0 Å². The number of amides is 2. The van der Waals surface area contributed by atoms with Crippen LogP contribution in [0, 0.1) is 5.92 Å². The summed E-state index contributed by atoms with van der Waals surface area (Å²) in [4.78, 5) is 25.0. The molecule has 4 rings (SSSR count). The fourth-order valence-electron chi connectivity index (χ4n) is 3.48. The van der Waals surface area contributed by atoms with Crippen LogP contribution in [-0.2, 0) is 15.0 Å². The van der Waals surface area contributed by atoms with E-state index in [1.54, 1.807) is 0 Å². The van der Waals surface area contributed by atoms with Gasteiger partial charge in [-0.15, -0.1) is 0 Å². The van der Waals surface area contributed by atoms with E-state index in [9.17, 15) is 9.59 Å². The van der Waals surface area contributed by atoms with Crippen molar-refractivity contribution in [2.24, 2.45) is 5.92 Å². The van der Waals surface area contributed by atoms with Gasteiger partial charge in [0, 0.05) is 22.3 Å². The number of halogens is 1. The van der Waals surface area contributed by atoms with Crippen LogP contribution in [-0.4, -0.2) is 11.8 Å². The molecule has 0 bridgehead atoms. The molecule has 0 radical (unpaired) electrons. The summed E-state index contributed by atoms with van der Waals surface area (Å²) in [6, 6.07) is 14.9. The van der Waals surface area contributed by atoms with Crippen molar-refractivity contribution in [2.45, 2.75) is 37.5 Å². The number of hydrogen-bond donors (Lipinski definition) is 2. The summed E-state index contributed by atoms with van der Waals surface area (Å²) in [5.41, 5.74) is 1.85. The summed E-state index contributed by atoms with van der Waals surface area (Å²) >= 11 is 6.12. The molecule has 0 aromatic heterocycles. The number of nitrogens with one attached hydrogen (secondary N) is 2. The zero-order valence-corrected chi connectivity index (χ0v) is 15.2. The maximum Gasteiger partial charge on any atom is 0.235 e. The van der Waals surface area contributed by atoms with Gasteiger partial charge in [-0.05, 0) is 61.6 Å². The molecule has 5 heteroatoms. The van der Waals surface area contributed by atoms with E-state index in [1.165, 1.54) is 0 Å². The summed E-state index contributed by atoms with van der Waals surface area (Å²) in [7, 11) is 0. The molecule has 2 N–H and O–H groups in total. The Morgan fingerprint density at radius 1 is 0.962 bits per heavy atom. The molecule has 0 heterocycles. The predicted molar refractivity (Wildman–Crippen MR) is 103 cm³/mol. The number of rotatable bonds is 5. The van der Waals surface area contributed by atoms with Crippen LogP contribution < -0.4 is 10.6 Å². The van der Waals surface area contributed by atoms with Crippen molar-refractivity contribution < 1.29 is 9.59 Å². The zero-order chi connectivity index (χ0) is 18.1. The maximum atomic E-state index is 13.0. The second kappa shape index (κ2) is 6.76. The Balaban J connectivity index is 1.51. The maximum absolute atomic E-state index is 13.0. The smallest absolute Gasteiger partial charge is 0.235 e. The number of benzene rings is 2. The van der Waals surface area contributed by atoms with E-state index < -0.39 is 5.41 Å². The van der Waals surface area contributed by atoms with Crippen LogP contribution >= 0.6 is 11.6 Å². The van der Waals surface area contributed by atoms with Gasteiger partial charge < -0.3 is 10.6 Å². The number of carbonyl (C=O) groups is 2. The molecule has 0 spiro atoms. The highest BCUT2D eigenvalue weighted by molar-refractivity contribution is 6.30. The summed E-state index contributed by atoms with van der Waals surface area (Å²) in [5, 5.41) is 6.59. The molecule has 2 amide bonds. The molecule has 0 saturated heterocycles. The molecular formula is C21H21ClN2O2. The molecule has 4 nitrogen and oxygen atoms in total. The number of hydrogen-bond acceptors (Lipinski definition) is 2. The second-order valence-corrected chi connectivity index (χ2v) is 7.68. The van der Waals surface area contributed by atoms with Crippen molar-refractivity contribution in [3.63, 3.8) is 0 Å². The van der Waals surface area contributed by atoms with Gasteiger partial charge in [0.05, 0.1) is 5.41 Å². The Morgan fingerprint density at radius 3 is 2.27 bits per heavy atom. The minimum absolute atomic E-state index is 0.0170. The fourth-order valence-corrected chi connectivity index (χ4v) is 3.67. The van der Waals surface area contributed by atoms with Gasteiger partial charge in [-0.2, -0.15) is 0 Å². The van der Waals surface area contributed by atoms with Crippen molar-refractivity contribution in [3.05, 3.63) is 59.1 Å². The average molecular weight is 369 g/mol. The van der Waals surface area contributed by atoms with Crippen LogP contribution in [0.15, 0.2) is 48.5 Å². The number of anilines is 2. The third-order valence-electron chi connectivity index (χ3n) is 5.36. The van der Waals surface area contributed by atoms with E-state index in [0.29, 0.717) is 16.4 Å². The third kappa shape index (κ3) is 3.34. The molecule has 2 aromatic rings.